The van der Waals surface area contributed by atoms with Gasteiger partial charge in [0.2, 0.25) is 0 Å². The molecule has 1 N–H and O–H groups in total. The molecule has 0 bridgehead atoms. The molecule has 0 amide bonds. The van der Waals surface area contributed by atoms with E-state index in [1.165, 1.54) is 22.0 Å². The summed E-state index contributed by atoms with van der Waals surface area (Å²) in [6.07, 6.45) is 4.96. The Kier molecular flexibility index (Phi) is 3.46. The lowest BCUT2D eigenvalue weighted by atomic mass is 10.0. The van der Waals surface area contributed by atoms with Gasteiger partial charge < -0.3 is 10.1 Å². The molecule has 1 heterocycles. The van der Waals surface area contributed by atoms with Crippen LogP contribution in [0.1, 0.15) is 12.5 Å². The van der Waals surface area contributed by atoms with Gasteiger partial charge >= 0.3 is 0 Å². The summed E-state index contributed by atoms with van der Waals surface area (Å²) < 4.78 is 6.01. The standard InChI is InChI=1S/C18H19NO/c1-3-13(4-2)12-20-18-11-17-15(9-10-19-17)14-7-5-6-8-16(14)18/h3-8,11,19H,1,9-10,12H2,2H3/b13-4+. The second-order valence-corrected chi connectivity index (χ2v) is 4.98. The number of hydrogen-bond acceptors (Lipinski definition) is 2. The molecule has 2 nitrogen and oxygen atoms in total. The Labute approximate surface area is 119 Å². The SMILES string of the molecule is C=C/C(=C\C)COc1cc2c(c3ccccc13)CCN2. The zero-order chi connectivity index (χ0) is 13.9. The highest BCUT2D eigenvalue weighted by Crippen LogP contribution is 2.37. The van der Waals surface area contributed by atoms with E-state index in [0.29, 0.717) is 6.61 Å². The van der Waals surface area contributed by atoms with Gasteiger partial charge in [0.1, 0.15) is 12.4 Å². The smallest absolute Gasteiger partial charge is 0.129 e. The van der Waals surface area contributed by atoms with Crippen molar-refractivity contribution < 1.29 is 4.74 Å². The van der Waals surface area contributed by atoms with Crippen LogP contribution in [0.25, 0.3) is 10.8 Å². The number of allylic oxidation sites excluding steroid dienone is 1. The molecular formula is C18H19NO. The first kappa shape index (κ1) is 12.8. The first-order chi connectivity index (χ1) is 9.83. The summed E-state index contributed by atoms with van der Waals surface area (Å²) in [5, 5.41) is 5.92. The topological polar surface area (TPSA) is 21.3 Å². The minimum Gasteiger partial charge on any atom is -0.488 e. The van der Waals surface area contributed by atoms with Gasteiger partial charge in [-0.2, -0.15) is 0 Å². The van der Waals surface area contributed by atoms with Crippen molar-refractivity contribution in [3.05, 3.63) is 60.2 Å². The van der Waals surface area contributed by atoms with Gasteiger partial charge in [-0.15, -0.1) is 0 Å². The van der Waals surface area contributed by atoms with Gasteiger partial charge in [0, 0.05) is 23.7 Å². The first-order valence-electron chi connectivity index (χ1n) is 7.02. The molecule has 0 fully saturated rings. The summed E-state index contributed by atoms with van der Waals surface area (Å²) in [7, 11) is 0. The average molecular weight is 265 g/mol. The highest BCUT2D eigenvalue weighted by Gasteiger charge is 2.16. The summed E-state index contributed by atoms with van der Waals surface area (Å²) in [5.41, 5.74) is 3.71. The maximum atomic E-state index is 6.01. The Balaban J connectivity index is 2.03. The van der Waals surface area contributed by atoms with Crippen molar-refractivity contribution in [2.24, 2.45) is 0 Å². The van der Waals surface area contributed by atoms with E-state index < -0.39 is 0 Å². The van der Waals surface area contributed by atoms with Crippen molar-refractivity contribution >= 4 is 16.5 Å². The fourth-order valence-electron chi connectivity index (χ4n) is 2.69. The van der Waals surface area contributed by atoms with Crippen LogP contribution in [-0.2, 0) is 6.42 Å². The maximum Gasteiger partial charge on any atom is 0.129 e. The van der Waals surface area contributed by atoms with Crippen molar-refractivity contribution in [3.8, 4) is 5.75 Å². The van der Waals surface area contributed by atoms with E-state index in [9.17, 15) is 0 Å². The molecule has 2 aromatic carbocycles. The maximum absolute atomic E-state index is 6.01. The number of fused-ring (bicyclic) bond motifs is 3. The number of anilines is 1. The van der Waals surface area contributed by atoms with Crippen LogP contribution in [0, 0.1) is 0 Å². The monoisotopic (exact) mass is 265 g/mol. The minimum atomic E-state index is 0.558. The number of rotatable bonds is 4. The van der Waals surface area contributed by atoms with Gasteiger partial charge in [0.15, 0.2) is 0 Å². The van der Waals surface area contributed by atoms with Gasteiger partial charge in [0.25, 0.3) is 0 Å². The third kappa shape index (κ3) is 2.18. The van der Waals surface area contributed by atoms with Gasteiger partial charge in [0.05, 0.1) is 0 Å². The molecule has 0 aromatic heterocycles. The van der Waals surface area contributed by atoms with Crippen LogP contribution in [0.4, 0.5) is 5.69 Å². The quantitative estimate of drug-likeness (QED) is 0.831. The molecule has 0 unspecified atom stereocenters. The summed E-state index contributed by atoms with van der Waals surface area (Å²) in [5.74, 6) is 0.940. The Morgan fingerprint density at radius 3 is 2.90 bits per heavy atom. The number of benzene rings is 2. The van der Waals surface area contributed by atoms with Crippen LogP contribution in [0.2, 0.25) is 0 Å². The Morgan fingerprint density at radius 1 is 1.35 bits per heavy atom. The number of nitrogens with one attached hydrogen (secondary N) is 1. The fraction of sp³-hybridized carbons (Fsp3) is 0.222. The molecule has 102 valence electrons. The minimum absolute atomic E-state index is 0.558. The van der Waals surface area contributed by atoms with Crippen molar-refractivity contribution in [2.45, 2.75) is 13.3 Å². The van der Waals surface area contributed by atoms with Gasteiger partial charge in [-0.25, -0.2) is 0 Å². The molecule has 3 rings (SSSR count). The molecule has 20 heavy (non-hydrogen) atoms. The lowest BCUT2D eigenvalue weighted by Crippen LogP contribution is -2.00. The third-order valence-electron chi connectivity index (χ3n) is 3.84. The fourth-order valence-corrected chi connectivity index (χ4v) is 2.69. The van der Waals surface area contributed by atoms with Gasteiger partial charge in [-0.1, -0.05) is 43.0 Å². The summed E-state index contributed by atoms with van der Waals surface area (Å²) >= 11 is 0. The molecular weight excluding hydrogens is 246 g/mol. The highest BCUT2D eigenvalue weighted by atomic mass is 16.5. The largest absolute Gasteiger partial charge is 0.488 e. The normalized spacial score (nSPS) is 13.9. The zero-order valence-corrected chi connectivity index (χ0v) is 11.8. The van der Waals surface area contributed by atoms with Crippen LogP contribution in [0.5, 0.6) is 5.75 Å². The summed E-state index contributed by atoms with van der Waals surface area (Å²) in [6, 6.07) is 10.6. The van der Waals surface area contributed by atoms with Crippen LogP contribution < -0.4 is 10.1 Å². The summed E-state index contributed by atoms with van der Waals surface area (Å²) in [4.78, 5) is 0. The van der Waals surface area contributed by atoms with Crippen LogP contribution in [0.3, 0.4) is 0 Å². The van der Waals surface area contributed by atoms with E-state index in [1.54, 1.807) is 0 Å². The number of ether oxygens (including phenoxy) is 1. The van der Waals surface area contributed by atoms with E-state index in [4.69, 9.17) is 4.74 Å². The third-order valence-corrected chi connectivity index (χ3v) is 3.84. The lowest BCUT2D eigenvalue weighted by Gasteiger charge is -2.13. The molecule has 2 aromatic rings. The average Bonchev–Trinajstić information content (AvgIpc) is 2.96. The summed E-state index contributed by atoms with van der Waals surface area (Å²) in [6.45, 7) is 7.37. The molecule has 0 saturated heterocycles. The number of hydrogen-bond donors (Lipinski definition) is 1. The Morgan fingerprint density at radius 2 is 2.15 bits per heavy atom. The zero-order valence-electron chi connectivity index (χ0n) is 11.8. The van der Waals surface area contributed by atoms with E-state index in [-0.39, 0.29) is 0 Å². The van der Waals surface area contributed by atoms with Gasteiger partial charge in [-0.3, -0.25) is 0 Å². The molecule has 0 saturated carbocycles. The predicted octanol–water partition coefficient (Wildman–Crippen LogP) is 4.32. The molecule has 0 aliphatic carbocycles. The van der Waals surface area contributed by atoms with Crippen molar-refractivity contribution in [2.75, 3.05) is 18.5 Å². The van der Waals surface area contributed by atoms with E-state index in [2.05, 4.69) is 42.2 Å². The molecule has 2 heteroatoms. The van der Waals surface area contributed by atoms with Crippen molar-refractivity contribution in [3.63, 3.8) is 0 Å². The predicted molar refractivity (Wildman–Crippen MR) is 85.6 cm³/mol. The molecule has 0 atom stereocenters. The lowest BCUT2D eigenvalue weighted by molar-refractivity contribution is 0.360. The van der Waals surface area contributed by atoms with E-state index >= 15 is 0 Å². The molecule has 0 radical (unpaired) electrons. The highest BCUT2D eigenvalue weighted by molar-refractivity contribution is 5.96. The van der Waals surface area contributed by atoms with Crippen molar-refractivity contribution in [1.29, 1.82) is 0 Å². The molecule has 1 aliphatic rings. The van der Waals surface area contributed by atoms with Crippen LogP contribution in [-0.4, -0.2) is 13.2 Å². The van der Waals surface area contributed by atoms with Crippen LogP contribution >= 0.6 is 0 Å². The van der Waals surface area contributed by atoms with Crippen LogP contribution in [0.15, 0.2) is 54.6 Å². The Hall–Kier alpha value is -2.22. The van der Waals surface area contributed by atoms with Crippen molar-refractivity contribution in [1.82, 2.24) is 0 Å². The second-order valence-electron chi connectivity index (χ2n) is 4.98. The Bertz CT molecular complexity index is 685. The molecule has 1 aliphatic heterocycles. The van der Waals surface area contributed by atoms with E-state index in [0.717, 1.165) is 24.3 Å². The first-order valence-corrected chi connectivity index (χ1v) is 7.02. The second kappa shape index (κ2) is 5.41. The van der Waals surface area contributed by atoms with Gasteiger partial charge in [-0.05, 0) is 29.9 Å². The van der Waals surface area contributed by atoms with E-state index in [1.807, 2.05) is 19.1 Å². The molecule has 0 spiro atoms.